The van der Waals surface area contributed by atoms with E-state index in [9.17, 15) is 4.79 Å². The molecule has 0 saturated carbocycles. The molecular formula is C12H12IN3O2. The van der Waals surface area contributed by atoms with Crippen molar-refractivity contribution >= 4 is 22.6 Å². The normalized spacial score (nSPS) is 10.4. The van der Waals surface area contributed by atoms with E-state index in [0.717, 1.165) is 5.69 Å². The van der Waals surface area contributed by atoms with Crippen LogP contribution in [0.2, 0.25) is 0 Å². The molecule has 5 nitrogen and oxygen atoms in total. The average Bonchev–Trinajstić information content (AvgIpc) is 2.39. The number of ether oxygens (including phenoxy) is 1. The van der Waals surface area contributed by atoms with Gasteiger partial charge in [-0.1, -0.05) is 6.07 Å². The van der Waals surface area contributed by atoms with Gasteiger partial charge in [0.15, 0.2) is 0 Å². The van der Waals surface area contributed by atoms with Crippen molar-refractivity contribution < 1.29 is 4.74 Å². The van der Waals surface area contributed by atoms with Gasteiger partial charge in [0.1, 0.15) is 5.82 Å². The molecule has 0 atom stereocenters. The monoisotopic (exact) mass is 357 g/mol. The SMILES string of the molecule is COc1cccc(Cn2c(C)ncc(I)c2=O)n1. The standard InChI is InChI=1S/C12H12IN3O2/c1-8-14-6-10(13)12(17)16(8)7-9-4-3-5-11(15-9)18-2/h3-6H,7H2,1-2H3. The second kappa shape index (κ2) is 5.47. The third-order valence-electron chi connectivity index (χ3n) is 2.52. The molecule has 0 aromatic carbocycles. The molecule has 94 valence electrons. The van der Waals surface area contributed by atoms with Crippen molar-refractivity contribution in [2.45, 2.75) is 13.5 Å². The topological polar surface area (TPSA) is 57.0 Å². The van der Waals surface area contributed by atoms with Gasteiger partial charge in [-0.25, -0.2) is 9.97 Å². The minimum Gasteiger partial charge on any atom is -0.481 e. The van der Waals surface area contributed by atoms with E-state index in [-0.39, 0.29) is 5.56 Å². The van der Waals surface area contributed by atoms with E-state index < -0.39 is 0 Å². The molecule has 0 radical (unpaired) electrons. The van der Waals surface area contributed by atoms with Crippen molar-refractivity contribution in [1.29, 1.82) is 0 Å². The Balaban J connectivity index is 2.40. The first-order valence-electron chi connectivity index (χ1n) is 5.33. The van der Waals surface area contributed by atoms with Crippen LogP contribution in [0.3, 0.4) is 0 Å². The lowest BCUT2D eigenvalue weighted by molar-refractivity contribution is 0.395. The number of hydrogen-bond donors (Lipinski definition) is 0. The van der Waals surface area contributed by atoms with Crippen LogP contribution < -0.4 is 10.3 Å². The number of aryl methyl sites for hydroxylation is 1. The molecule has 2 rings (SSSR count). The average molecular weight is 357 g/mol. The second-order valence-electron chi connectivity index (χ2n) is 3.72. The van der Waals surface area contributed by atoms with Crippen LogP contribution in [0.15, 0.2) is 29.2 Å². The summed E-state index contributed by atoms with van der Waals surface area (Å²) >= 11 is 1.98. The molecule has 0 aliphatic heterocycles. The summed E-state index contributed by atoms with van der Waals surface area (Å²) in [4.78, 5) is 20.5. The first-order chi connectivity index (χ1) is 8.61. The Kier molecular flexibility index (Phi) is 3.95. The molecule has 2 heterocycles. The van der Waals surface area contributed by atoms with Gasteiger partial charge in [-0.15, -0.1) is 0 Å². The van der Waals surface area contributed by atoms with Crippen LogP contribution in [-0.2, 0) is 6.54 Å². The summed E-state index contributed by atoms with van der Waals surface area (Å²) in [7, 11) is 1.57. The number of aromatic nitrogens is 3. The predicted molar refractivity (Wildman–Crippen MR) is 75.8 cm³/mol. The highest BCUT2D eigenvalue weighted by atomic mass is 127. The highest BCUT2D eigenvalue weighted by Gasteiger charge is 2.07. The van der Waals surface area contributed by atoms with E-state index in [0.29, 0.717) is 21.8 Å². The summed E-state index contributed by atoms with van der Waals surface area (Å²) in [6, 6.07) is 5.48. The van der Waals surface area contributed by atoms with Crippen molar-refractivity contribution in [3.63, 3.8) is 0 Å². The van der Waals surface area contributed by atoms with E-state index in [1.807, 2.05) is 34.7 Å². The maximum absolute atomic E-state index is 12.0. The van der Waals surface area contributed by atoms with E-state index in [1.54, 1.807) is 30.9 Å². The van der Waals surface area contributed by atoms with Gasteiger partial charge in [0.2, 0.25) is 5.88 Å². The van der Waals surface area contributed by atoms with Gasteiger partial charge in [0, 0.05) is 12.3 Å². The fourth-order valence-corrected chi connectivity index (χ4v) is 1.99. The molecule has 0 fully saturated rings. The van der Waals surface area contributed by atoms with Crippen molar-refractivity contribution in [2.75, 3.05) is 7.11 Å². The third-order valence-corrected chi connectivity index (χ3v) is 3.26. The van der Waals surface area contributed by atoms with Gasteiger partial charge in [0.25, 0.3) is 5.56 Å². The van der Waals surface area contributed by atoms with Crippen LogP contribution >= 0.6 is 22.6 Å². The Morgan fingerprint density at radius 3 is 2.94 bits per heavy atom. The molecule has 0 spiro atoms. The van der Waals surface area contributed by atoms with E-state index >= 15 is 0 Å². The molecule has 0 unspecified atom stereocenters. The fourth-order valence-electron chi connectivity index (χ4n) is 1.56. The van der Waals surface area contributed by atoms with Crippen LogP contribution in [0.25, 0.3) is 0 Å². The zero-order valence-corrected chi connectivity index (χ0v) is 12.2. The number of rotatable bonds is 3. The molecule has 6 heteroatoms. The zero-order valence-electron chi connectivity index (χ0n) is 10.1. The lowest BCUT2D eigenvalue weighted by Crippen LogP contribution is -2.26. The smallest absolute Gasteiger partial charge is 0.267 e. The third kappa shape index (κ3) is 2.69. The van der Waals surface area contributed by atoms with Gasteiger partial charge >= 0.3 is 0 Å². The number of methoxy groups -OCH3 is 1. The Labute approximate surface area is 118 Å². The van der Waals surface area contributed by atoms with E-state index in [1.165, 1.54) is 0 Å². The lowest BCUT2D eigenvalue weighted by atomic mass is 10.3. The van der Waals surface area contributed by atoms with E-state index in [4.69, 9.17) is 4.74 Å². The second-order valence-corrected chi connectivity index (χ2v) is 4.88. The van der Waals surface area contributed by atoms with Crippen LogP contribution in [0.5, 0.6) is 5.88 Å². The molecule has 2 aromatic heterocycles. The zero-order chi connectivity index (χ0) is 13.1. The van der Waals surface area contributed by atoms with Crippen molar-refractivity contribution in [2.24, 2.45) is 0 Å². The highest BCUT2D eigenvalue weighted by Crippen LogP contribution is 2.08. The largest absolute Gasteiger partial charge is 0.481 e. The maximum Gasteiger partial charge on any atom is 0.267 e. The van der Waals surface area contributed by atoms with Crippen LogP contribution in [-0.4, -0.2) is 21.6 Å². The van der Waals surface area contributed by atoms with E-state index in [2.05, 4.69) is 9.97 Å². The molecule has 0 aliphatic carbocycles. The summed E-state index contributed by atoms with van der Waals surface area (Å²) in [6.45, 7) is 2.20. The van der Waals surface area contributed by atoms with Crippen molar-refractivity contribution in [3.05, 3.63) is 49.8 Å². The molecule has 18 heavy (non-hydrogen) atoms. The van der Waals surface area contributed by atoms with Crippen molar-refractivity contribution in [1.82, 2.24) is 14.5 Å². The number of halogens is 1. The predicted octanol–water partition coefficient (Wildman–Crippen LogP) is 1.61. The molecule has 0 bridgehead atoms. The molecular weight excluding hydrogens is 345 g/mol. The summed E-state index contributed by atoms with van der Waals surface area (Å²) in [5.41, 5.74) is 0.719. The minimum absolute atomic E-state index is 0.0484. The first-order valence-corrected chi connectivity index (χ1v) is 6.41. The summed E-state index contributed by atoms with van der Waals surface area (Å²) < 4.78 is 7.26. The van der Waals surface area contributed by atoms with Gasteiger partial charge in [-0.05, 0) is 35.6 Å². The fraction of sp³-hybridized carbons (Fsp3) is 0.250. The van der Waals surface area contributed by atoms with Crippen LogP contribution in [0.4, 0.5) is 0 Å². The minimum atomic E-state index is -0.0484. The highest BCUT2D eigenvalue weighted by molar-refractivity contribution is 14.1. The number of pyridine rings is 1. The lowest BCUT2D eigenvalue weighted by Gasteiger charge is -2.09. The van der Waals surface area contributed by atoms with Crippen LogP contribution in [0.1, 0.15) is 11.5 Å². The van der Waals surface area contributed by atoms with Gasteiger partial charge in [0.05, 0.1) is 22.9 Å². The molecule has 0 N–H and O–H groups in total. The van der Waals surface area contributed by atoms with Crippen LogP contribution in [0, 0.1) is 10.5 Å². The summed E-state index contributed by atoms with van der Waals surface area (Å²) in [5.74, 6) is 1.21. The Morgan fingerprint density at radius 2 is 2.22 bits per heavy atom. The number of hydrogen-bond acceptors (Lipinski definition) is 4. The molecule has 0 saturated heterocycles. The molecule has 0 amide bonds. The van der Waals surface area contributed by atoms with Crippen molar-refractivity contribution in [3.8, 4) is 5.88 Å². The molecule has 0 aliphatic rings. The van der Waals surface area contributed by atoms with Gasteiger partial charge in [-0.2, -0.15) is 0 Å². The Morgan fingerprint density at radius 1 is 1.44 bits per heavy atom. The Hall–Kier alpha value is -1.44. The Bertz CT molecular complexity index is 625. The summed E-state index contributed by atoms with van der Waals surface area (Å²) in [5, 5.41) is 0. The maximum atomic E-state index is 12.0. The molecule has 2 aromatic rings. The van der Waals surface area contributed by atoms with Gasteiger partial charge < -0.3 is 4.74 Å². The van der Waals surface area contributed by atoms with Gasteiger partial charge in [-0.3, -0.25) is 9.36 Å². The summed E-state index contributed by atoms with van der Waals surface area (Å²) in [6.07, 6.45) is 1.58. The number of nitrogens with zero attached hydrogens (tertiary/aromatic N) is 3. The quantitative estimate of drug-likeness (QED) is 0.784. The first kappa shape index (κ1) is 13.0.